The summed E-state index contributed by atoms with van der Waals surface area (Å²) < 4.78 is 16.0. The molecule has 0 aliphatic rings. The lowest BCUT2D eigenvalue weighted by Gasteiger charge is -2.23. The lowest BCUT2D eigenvalue weighted by molar-refractivity contribution is -0.141. The van der Waals surface area contributed by atoms with Gasteiger partial charge in [-0.15, -0.1) is 0 Å². The molecule has 2 rings (SSSR count). The Hall–Kier alpha value is -2.44. The standard InChI is InChI=1S/C17H18O5Si/c1-13(18)20-23(21-14(2)19)22-17(15-9-5-3-6-10-15)16-11-7-4-8-12-16/h3-12,17,23H,1-2H3. The molecule has 0 aliphatic heterocycles. The SMILES string of the molecule is CC(=O)O[SiH](OC(C)=O)OC(c1ccccc1)c1ccccc1. The number of hydrogen-bond donors (Lipinski definition) is 0. The van der Waals surface area contributed by atoms with Gasteiger partial charge in [0.15, 0.2) is 0 Å². The van der Waals surface area contributed by atoms with Gasteiger partial charge in [-0.1, -0.05) is 60.7 Å². The molecular formula is C17H18O5Si. The molecule has 23 heavy (non-hydrogen) atoms. The first-order chi connectivity index (χ1) is 11.1. The molecule has 0 atom stereocenters. The molecule has 5 nitrogen and oxygen atoms in total. The second-order valence-electron chi connectivity index (χ2n) is 4.85. The van der Waals surface area contributed by atoms with Crippen molar-refractivity contribution in [1.29, 1.82) is 0 Å². The minimum atomic E-state index is -2.95. The minimum absolute atomic E-state index is 0.479. The third-order valence-electron chi connectivity index (χ3n) is 2.98. The Morgan fingerprint density at radius 3 is 1.52 bits per heavy atom. The van der Waals surface area contributed by atoms with Crippen LogP contribution in [-0.2, 0) is 22.9 Å². The Morgan fingerprint density at radius 2 is 1.17 bits per heavy atom. The first-order valence-electron chi connectivity index (χ1n) is 7.16. The van der Waals surface area contributed by atoms with E-state index in [0.717, 1.165) is 11.1 Å². The van der Waals surface area contributed by atoms with Gasteiger partial charge in [-0.3, -0.25) is 9.59 Å². The van der Waals surface area contributed by atoms with Crippen LogP contribution in [0.2, 0.25) is 0 Å². The van der Waals surface area contributed by atoms with Gasteiger partial charge in [-0.25, -0.2) is 0 Å². The summed E-state index contributed by atoms with van der Waals surface area (Å²) in [5, 5.41) is 0. The molecule has 2 aromatic carbocycles. The molecule has 0 bridgehead atoms. The second kappa shape index (κ2) is 8.26. The summed E-state index contributed by atoms with van der Waals surface area (Å²) in [4.78, 5) is 22.5. The van der Waals surface area contributed by atoms with Crippen molar-refractivity contribution in [2.75, 3.05) is 0 Å². The van der Waals surface area contributed by atoms with Gasteiger partial charge in [-0.05, 0) is 11.1 Å². The summed E-state index contributed by atoms with van der Waals surface area (Å²) in [7, 11) is -2.95. The van der Waals surface area contributed by atoms with Crippen molar-refractivity contribution in [1.82, 2.24) is 0 Å². The third-order valence-corrected chi connectivity index (χ3v) is 4.52. The van der Waals surface area contributed by atoms with Crippen molar-refractivity contribution < 1.29 is 22.9 Å². The Morgan fingerprint density at radius 1 is 0.783 bits per heavy atom. The van der Waals surface area contributed by atoms with Crippen LogP contribution in [0.15, 0.2) is 60.7 Å². The number of benzene rings is 2. The quantitative estimate of drug-likeness (QED) is 0.762. The molecule has 0 saturated heterocycles. The minimum Gasteiger partial charge on any atom is -0.467 e. The molecule has 0 amide bonds. The maximum atomic E-state index is 11.2. The maximum absolute atomic E-state index is 11.2. The molecule has 0 fully saturated rings. The van der Waals surface area contributed by atoms with Gasteiger partial charge in [-0.2, -0.15) is 0 Å². The Bertz CT molecular complexity index is 589. The zero-order valence-electron chi connectivity index (χ0n) is 13.0. The van der Waals surface area contributed by atoms with Crippen molar-refractivity contribution in [3.8, 4) is 0 Å². The zero-order valence-corrected chi connectivity index (χ0v) is 14.1. The van der Waals surface area contributed by atoms with E-state index in [1.807, 2.05) is 60.7 Å². The van der Waals surface area contributed by atoms with Crippen LogP contribution in [0.4, 0.5) is 0 Å². The fourth-order valence-corrected chi connectivity index (χ4v) is 3.30. The molecule has 2 aromatic rings. The van der Waals surface area contributed by atoms with Gasteiger partial charge in [0, 0.05) is 13.8 Å². The normalized spacial score (nSPS) is 10.6. The van der Waals surface area contributed by atoms with Crippen molar-refractivity contribution in [2.24, 2.45) is 0 Å². The Balaban J connectivity index is 2.29. The van der Waals surface area contributed by atoms with E-state index in [1.54, 1.807) is 0 Å². The number of hydrogen-bond acceptors (Lipinski definition) is 5. The van der Waals surface area contributed by atoms with Crippen molar-refractivity contribution in [2.45, 2.75) is 20.0 Å². The average Bonchev–Trinajstić information content (AvgIpc) is 2.53. The fraction of sp³-hybridized carbons (Fsp3) is 0.176. The van der Waals surface area contributed by atoms with E-state index in [1.165, 1.54) is 13.8 Å². The molecule has 120 valence electrons. The predicted octanol–water partition coefficient (Wildman–Crippen LogP) is 2.64. The summed E-state index contributed by atoms with van der Waals surface area (Å²) in [6.45, 7) is 2.51. The highest BCUT2D eigenvalue weighted by Crippen LogP contribution is 2.26. The molecule has 0 N–H and O–H groups in total. The molecule has 0 aromatic heterocycles. The summed E-state index contributed by atoms with van der Waals surface area (Å²) in [6, 6.07) is 19.0. The highest BCUT2D eigenvalue weighted by atomic mass is 28.3. The summed E-state index contributed by atoms with van der Waals surface area (Å²) in [5.74, 6) is -1.08. The van der Waals surface area contributed by atoms with E-state index in [2.05, 4.69) is 0 Å². The first-order valence-corrected chi connectivity index (χ1v) is 8.57. The van der Waals surface area contributed by atoms with E-state index in [9.17, 15) is 9.59 Å². The van der Waals surface area contributed by atoms with E-state index >= 15 is 0 Å². The number of carbonyl (C=O) groups excluding carboxylic acids is 2. The highest BCUT2D eigenvalue weighted by Gasteiger charge is 2.28. The van der Waals surface area contributed by atoms with Crippen LogP contribution >= 0.6 is 0 Å². The molecule has 0 saturated carbocycles. The zero-order chi connectivity index (χ0) is 16.7. The molecule has 0 heterocycles. The van der Waals surface area contributed by atoms with E-state index in [-0.39, 0.29) is 0 Å². The fourth-order valence-electron chi connectivity index (χ4n) is 2.07. The third kappa shape index (κ3) is 5.35. The van der Waals surface area contributed by atoms with Gasteiger partial charge in [0.25, 0.3) is 11.9 Å². The van der Waals surface area contributed by atoms with Crippen LogP contribution in [0.3, 0.4) is 0 Å². The van der Waals surface area contributed by atoms with Gasteiger partial charge >= 0.3 is 9.53 Å². The largest absolute Gasteiger partial charge is 0.620 e. The summed E-state index contributed by atoms with van der Waals surface area (Å²) >= 11 is 0. The Kier molecular flexibility index (Phi) is 6.07. The molecule has 0 aliphatic carbocycles. The number of rotatable bonds is 6. The van der Waals surface area contributed by atoms with Crippen LogP contribution in [-0.4, -0.2) is 21.5 Å². The predicted molar refractivity (Wildman–Crippen MR) is 86.5 cm³/mol. The summed E-state index contributed by atoms with van der Waals surface area (Å²) in [5.41, 5.74) is 1.77. The first kappa shape index (κ1) is 16.9. The van der Waals surface area contributed by atoms with Crippen LogP contribution in [0.5, 0.6) is 0 Å². The summed E-state index contributed by atoms with van der Waals surface area (Å²) in [6.07, 6.45) is -0.479. The monoisotopic (exact) mass is 330 g/mol. The molecular weight excluding hydrogens is 312 g/mol. The second-order valence-corrected chi connectivity index (χ2v) is 6.17. The van der Waals surface area contributed by atoms with Crippen LogP contribution in [0.1, 0.15) is 31.1 Å². The lowest BCUT2D eigenvalue weighted by Crippen LogP contribution is -2.33. The van der Waals surface area contributed by atoms with Crippen LogP contribution < -0.4 is 0 Å². The van der Waals surface area contributed by atoms with Crippen LogP contribution in [0, 0.1) is 0 Å². The molecule has 6 heteroatoms. The molecule has 0 unspecified atom stereocenters. The lowest BCUT2D eigenvalue weighted by atomic mass is 10.0. The van der Waals surface area contributed by atoms with Gasteiger partial charge in [0.1, 0.15) is 6.10 Å². The van der Waals surface area contributed by atoms with Gasteiger partial charge in [0.05, 0.1) is 0 Å². The smallest absolute Gasteiger partial charge is 0.467 e. The average molecular weight is 330 g/mol. The number of carbonyl (C=O) groups is 2. The van der Waals surface area contributed by atoms with Crippen molar-refractivity contribution in [3.05, 3.63) is 71.8 Å². The molecule has 0 spiro atoms. The highest BCUT2D eigenvalue weighted by molar-refractivity contribution is 6.41. The topological polar surface area (TPSA) is 61.8 Å². The van der Waals surface area contributed by atoms with Gasteiger partial charge in [0.2, 0.25) is 0 Å². The van der Waals surface area contributed by atoms with Crippen molar-refractivity contribution in [3.63, 3.8) is 0 Å². The van der Waals surface area contributed by atoms with Crippen LogP contribution in [0.25, 0.3) is 0 Å². The molecule has 0 radical (unpaired) electrons. The maximum Gasteiger partial charge on any atom is 0.620 e. The van der Waals surface area contributed by atoms with E-state index < -0.39 is 27.6 Å². The Labute approximate surface area is 136 Å². The van der Waals surface area contributed by atoms with Gasteiger partial charge < -0.3 is 13.3 Å². The van der Waals surface area contributed by atoms with Crippen molar-refractivity contribution >= 4 is 21.5 Å². The van der Waals surface area contributed by atoms with E-state index in [4.69, 9.17) is 13.3 Å². The van der Waals surface area contributed by atoms with E-state index in [0.29, 0.717) is 0 Å².